The molecule has 1 heterocycles. The molecule has 0 unspecified atom stereocenters. The average molecular weight is 367 g/mol. The summed E-state index contributed by atoms with van der Waals surface area (Å²) in [6.07, 6.45) is 0.676. The Balaban J connectivity index is 1.83. The number of ketones is 1. The number of aryl methyl sites for hydroxylation is 1. The van der Waals surface area contributed by atoms with E-state index in [1.165, 1.54) is 12.1 Å². The van der Waals surface area contributed by atoms with Crippen LogP contribution in [0.25, 0.3) is 11.1 Å². The van der Waals surface area contributed by atoms with Crippen LogP contribution in [-0.4, -0.2) is 57.0 Å². The summed E-state index contributed by atoms with van der Waals surface area (Å²) in [7, 11) is 0. The number of fused-ring (bicyclic) bond motifs is 1. The maximum absolute atomic E-state index is 12.6. The molecule has 1 aromatic carbocycles. The van der Waals surface area contributed by atoms with Gasteiger partial charge in [0.1, 0.15) is 5.52 Å². The Morgan fingerprint density at radius 3 is 2.84 bits per heavy atom. The molecule has 0 spiro atoms. The van der Waals surface area contributed by atoms with E-state index in [0.29, 0.717) is 35.4 Å². The number of oxazole rings is 1. The second-order valence-electron chi connectivity index (χ2n) is 5.90. The van der Waals surface area contributed by atoms with Gasteiger partial charge in [0.25, 0.3) is 0 Å². The Morgan fingerprint density at radius 2 is 2.24 bits per heavy atom. The van der Waals surface area contributed by atoms with Crippen LogP contribution in [0, 0.1) is 12.8 Å². The van der Waals surface area contributed by atoms with E-state index >= 15 is 0 Å². The van der Waals surface area contributed by atoms with Gasteiger partial charge < -0.3 is 19.5 Å². The van der Waals surface area contributed by atoms with E-state index in [4.69, 9.17) is 21.1 Å². The van der Waals surface area contributed by atoms with E-state index in [9.17, 15) is 19.5 Å². The number of carbonyl (C=O) groups is 3. The number of nitrogens with zero attached hydrogens (tertiary/aromatic N) is 2. The van der Waals surface area contributed by atoms with Gasteiger partial charge in [-0.15, -0.1) is 0 Å². The summed E-state index contributed by atoms with van der Waals surface area (Å²) < 4.78 is 5.40. The summed E-state index contributed by atoms with van der Waals surface area (Å²) in [4.78, 5) is 40.1. The zero-order valence-corrected chi connectivity index (χ0v) is 13.9. The van der Waals surface area contributed by atoms with Gasteiger partial charge in [-0.1, -0.05) is 11.6 Å². The number of carboxylic acids is 1. The Kier molecular flexibility index (Phi) is 4.49. The summed E-state index contributed by atoms with van der Waals surface area (Å²) in [6, 6.07) is 1.08. The van der Waals surface area contributed by atoms with Crippen molar-refractivity contribution in [1.82, 2.24) is 9.88 Å². The third-order valence-corrected chi connectivity index (χ3v) is 4.54. The van der Waals surface area contributed by atoms with Gasteiger partial charge >= 0.3 is 5.97 Å². The summed E-state index contributed by atoms with van der Waals surface area (Å²) in [5.41, 5.74) is 1.16. The van der Waals surface area contributed by atoms with Crippen molar-refractivity contribution < 1.29 is 29.0 Å². The topological polar surface area (TPSA) is 121 Å². The normalized spacial score (nSPS) is 20.3. The zero-order chi connectivity index (χ0) is 18.3. The van der Waals surface area contributed by atoms with Crippen molar-refractivity contribution in [3.05, 3.63) is 28.6 Å². The highest BCUT2D eigenvalue weighted by atomic mass is 35.5. The van der Waals surface area contributed by atoms with Gasteiger partial charge in [-0.2, -0.15) is 0 Å². The first-order valence-corrected chi connectivity index (χ1v) is 7.92. The molecule has 1 amide bonds. The molecule has 25 heavy (non-hydrogen) atoms. The van der Waals surface area contributed by atoms with Crippen molar-refractivity contribution in [3.8, 4) is 0 Å². The molecule has 0 radical (unpaired) electrons. The van der Waals surface area contributed by atoms with Gasteiger partial charge in [0.2, 0.25) is 6.41 Å². The smallest absolute Gasteiger partial charge is 0.328 e. The predicted molar refractivity (Wildman–Crippen MR) is 86.4 cm³/mol. The molecular weight excluding hydrogens is 352 g/mol. The number of aliphatic hydroxyl groups is 1. The molecule has 1 aromatic heterocycles. The lowest BCUT2D eigenvalue weighted by molar-refractivity contribution is -0.148. The first-order chi connectivity index (χ1) is 11.9. The Morgan fingerprint density at radius 1 is 1.52 bits per heavy atom. The molecule has 2 aromatic rings. The maximum atomic E-state index is 12.6. The van der Waals surface area contributed by atoms with Crippen LogP contribution in [0.2, 0.25) is 5.02 Å². The molecule has 1 aliphatic carbocycles. The number of aliphatic hydroxyl groups excluding tert-OH is 1. The van der Waals surface area contributed by atoms with Crippen molar-refractivity contribution in [2.75, 3.05) is 6.61 Å². The van der Waals surface area contributed by atoms with Gasteiger partial charge in [-0.25, -0.2) is 9.78 Å². The number of benzene rings is 1. The van der Waals surface area contributed by atoms with Crippen LogP contribution >= 0.6 is 11.6 Å². The second kappa shape index (κ2) is 6.45. The number of halogens is 1. The number of rotatable bonds is 7. The Bertz CT molecular complexity index is 864. The van der Waals surface area contributed by atoms with Crippen molar-refractivity contribution >= 4 is 40.9 Å². The lowest BCUT2D eigenvalue weighted by atomic mass is 10.1. The molecule has 3 atom stereocenters. The minimum Gasteiger partial charge on any atom is -0.480 e. The molecule has 1 fully saturated rings. The van der Waals surface area contributed by atoms with Gasteiger partial charge in [-0.3, -0.25) is 9.59 Å². The maximum Gasteiger partial charge on any atom is 0.328 e. The first kappa shape index (κ1) is 17.4. The summed E-state index contributed by atoms with van der Waals surface area (Å²) in [5, 5.41) is 18.5. The molecule has 0 aliphatic heterocycles. The first-order valence-electron chi connectivity index (χ1n) is 7.54. The molecule has 132 valence electrons. The van der Waals surface area contributed by atoms with E-state index in [1.807, 2.05) is 0 Å². The van der Waals surface area contributed by atoms with Crippen molar-refractivity contribution in [2.45, 2.75) is 25.4 Å². The highest BCUT2D eigenvalue weighted by Gasteiger charge is 2.49. The van der Waals surface area contributed by atoms with Crippen LogP contribution in [0.3, 0.4) is 0 Å². The van der Waals surface area contributed by atoms with Crippen LogP contribution in [0.15, 0.2) is 16.5 Å². The molecule has 8 nitrogen and oxygen atoms in total. The zero-order valence-electron chi connectivity index (χ0n) is 13.2. The molecular formula is C16H15ClN2O6. The number of amides is 1. The lowest BCUT2D eigenvalue weighted by Gasteiger charge is -2.23. The van der Waals surface area contributed by atoms with E-state index < -0.39 is 30.6 Å². The summed E-state index contributed by atoms with van der Waals surface area (Å²) in [5.74, 6) is -1.72. The predicted octanol–water partition coefficient (Wildman–Crippen LogP) is 1.26. The van der Waals surface area contributed by atoms with E-state index in [-0.39, 0.29) is 10.8 Å². The van der Waals surface area contributed by atoms with Crippen LogP contribution < -0.4 is 0 Å². The third-order valence-electron chi connectivity index (χ3n) is 4.26. The Labute approximate surface area is 147 Å². The Hall–Kier alpha value is -2.45. The SMILES string of the molecule is Cc1nc2c(Cl)cc(C(=O)[C@H]3C[C@@H]3N(C=O)[C@@H](CO)C(=O)O)cc2o1. The molecule has 2 N–H and O–H groups in total. The molecule has 0 saturated heterocycles. The van der Waals surface area contributed by atoms with Crippen molar-refractivity contribution in [1.29, 1.82) is 0 Å². The minimum atomic E-state index is -1.37. The highest BCUT2D eigenvalue weighted by Crippen LogP contribution is 2.40. The van der Waals surface area contributed by atoms with Crippen LogP contribution in [0.5, 0.6) is 0 Å². The van der Waals surface area contributed by atoms with E-state index in [1.54, 1.807) is 6.92 Å². The van der Waals surface area contributed by atoms with E-state index in [2.05, 4.69) is 4.98 Å². The fourth-order valence-corrected chi connectivity index (χ4v) is 3.18. The van der Waals surface area contributed by atoms with Gasteiger partial charge in [0, 0.05) is 24.4 Å². The fraction of sp³-hybridized carbons (Fsp3) is 0.375. The monoisotopic (exact) mass is 366 g/mol. The molecule has 1 aliphatic rings. The highest BCUT2D eigenvalue weighted by molar-refractivity contribution is 6.35. The van der Waals surface area contributed by atoms with Gasteiger partial charge in [-0.05, 0) is 18.6 Å². The number of hydrogen-bond donors (Lipinski definition) is 2. The van der Waals surface area contributed by atoms with Gasteiger partial charge in [0.05, 0.1) is 11.6 Å². The number of carboxylic acid groups (broad SMARTS) is 1. The number of Topliss-reactive ketones (excluding diaryl/α,β-unsaturated/α-hetero) is 1. The van der Waals surface area contributed by atoms with Crippen LogP contribution in [-0.2, 0) is 9.59 Å². The summed E-state index contributed by atoms with van der Waals surface area (Å²) in [6.45, 7) is 0.943. The van der Waals surface area contributed by atoms with Gasteiger partial charge in [0.15, 0.2) is 23.3 Å². The average Bonchev–Trinajstić information content (AvgIpc) is 3.25. The number of aromatic nitrogens is 1. The summed E-state index contributed by atoms with van der Waals surface area (Å²) >= 11 is 6.13. The second-order valence-corrected chi connectivity index (χ2v) is 6.31. The number of carbonyl (C=O) groups excluding carboxylic acids is 2. The number of aliphatic carboxylic acids is 1. The van der Waals surface area contributed by atoms with Crippen LogP contribution in [0.4, 0.5) is 0 Å². The van der Waals surface area contributed by atoms with Crippen LogP contribution in [0.1, 0.15) is 22.7 Å². The molecule has 0 bridgehead atoms. The van der Waals surface area contributed by atoms with E-state index in [0.717, 1.165) is 4.90 Å². The van der Waals surface area contributed by atoms with Crippen molar-refractivity contribution in [2.24, 2.45) is 5.92 Å². The largest absolute Gasteiger partial charge is 0.480 e. The fourth-order valence-electron chi connectivity index (χ4n) is 2.93. The minimum absolute atomic E-state index is 0.267. The quantitative estimate of drug-likeness (QED) is 0.559. The lowest BCUT2D eigenvalue weighted by Crippen LogP contribution is -2.45. The standard InChI is InChI=1S/C16H15ClN2O6/c1-7-18-14-10(17)2-8(3-13(14)25-7)15(22)9-4-11(9)19(6-21)12(5-20)16(23)24/h2-3,6,9,11-12,20H,4-5H2,1H3,(H,23,24)/t9-,11-,12-/m0/s1. The van der Waals surface area contributed by atoms with Crippen molar-refractivity contribution in [3.63, 3.8) is 0 Å². The third kappa shape index (κ3) is 3.10. The molecule has 9 heteroatoms. The molecule has 1 saturated carbocycles. The molecule has 3 rings (SSSR count). The number of hydrogen-bond acceptors (Lipinski definition) is 6.